The van der Waals surface area contributed by atoms with Crippen molar-refractivity contribution in [3.63, 3.8) is 0 Å². The second kappa shape index (κ2) is 8.23. The fraction of sp³-hybridized carbons (Fsp3) is 0.130. The van der Waals surface area contributed by atoms with Gasteiger partial charge in [-0.2, -0.15) is 13.2 Å². The molecule has 0 aliphatic rings. The minimum absolute atomic E-state index is 0.121. The molecule has 0 fully saturated rings. The predicted molar refractivity (Wildman–Crippen MR) is 114 cm³/mol. The summed E-state index contributed by atoms with van der Waals surface area (Å²) in [6.45, 7) is 0.121. The van der Waals surface area contributed by atoms with E-state index in [0.717, 1.165) is 18.6 Å². The Morgan fingerprint density at radius 1 is 0.938 bits per heavy atom. The van der Waals surface area contributed by atoms with Gasteiger partial charge < -0.3 is 4.74 Å². The number of alkyl halides is 3. The van der Waals surface area contributed by atoms with Gasteiger partial charge in [-0.05, 0) is 35.9 Å². The third kappa shape index (κ3) is 4.57. The van der Waals surface area contributed by atoms with E-state index in [2.05, 4.69) is 9.97 Å². The Balaban J connectivity index is 1.65. The van der Waals surface area contributed by atoms with E-state index in [4.69, 9.17) is 4.74 Å². The molecule has 0 saturated carbocycles. The molecule has 5 nitrogen and oxygen atoms in total. The average Bonchev–Trinajstić information content (AvgIpc) is 2.76. The number of nitrogens with zero attached hydrogens (tertiary/aromatic N) is 2. The molecule has 0 N–H and O–H groups in total. The number of hydrogen-bond donors (Lipinski definition) is 0. The molecule has 3 aromatic carbocycles. The minimum Gasteiger partial charge on any atom is -0.489 e. The van der Waals surface area contributed by atoms with E-state index < -0.39 is 21.6 Å². The van der Waals surface area contributed by atoms with Gasteiger partial charge in [0.25, 0.3) is 0 Å². The van der Waals surface area contributed by atoms with E-state index in [1.54, 1.807) is 42.5 Å². The number of aromatic nitrogens is 2. The summed E-state index contributed by atoms with van der Waals surface area (Å²) in [4.78, 5) is 8.24. The molecule has 4 rings (SSSR count). The summed E-state index contributed by atoms with van der Waals surface area (Å²) in [5.41, 5.74) is 0.594. The van der Waals surface area contributed by atoms with Crippen LogP contribution in [0.5, 0.6) is 5.75 Å². The molecule has 1 heterocycles. The van der Waals surface area contributed by atoms with Crippen molar-refractivity contribution in [1.82, 2.24) is 9.97 Å². The molecule has 0 unspecified atom stereocenters. The first-order valence-corrected chi connectivity index (χ1v) is 11.4. The van der Waals surface area contributed by atoms with Crippen molar-refractivity contribution >= 4 is 20.7 Å². The van der Waals surface area contributed by atoms with Crippen LogP contribution in [0.15, 0.2) is 78.0 Å². The van der Waals surface area contributed by atoms with Crippen LogP contribution < -0.4 is 4.74 Å². The molecule has 0 amide bonds. The summed E-state index contributed by atoms with van der Waals surface area (Å²) < 4.78 is 69.3. The van der Waals surface area contributed by atoms with Crippen molar-refractivity contribution < 1.29 is 26.3 Å². The number of rotatable bonds is 5. The van der Waals surface area contributed by atoms with Gasteiger partial charge in [-0.25, -0.2) is 18.4 Å². The van der Waals surface area contributed by atoms with Crippen LogP contribution in [0.1, 0.15) is 11.1 Å². The Hall–Kier alpha value is -3.46. The zero-order chi connectivity index (χ0) is 22.9. The van der Waals surface area contributed by atoms with Crippen molar-refractivity contribution in [3.05, 3.63) is 84.2 Å². The van der Waals surface area contributed by atoms with Gasteiger partial charge in [-0.15, -0.1) is 0 Å². The zero-order valence-electron chi connectivity index (χ0n) is 16.8. The molecule has 164 valence electrons. The minimum atomic E-state index is -4.53. The van der Waals surface area contributed by atoms with Gasteiger partial charge in [0, 0.05) is 17.2 Å². The van der Waals surface area contributed by atoms with Crippen molar-refractivity contribution in [2.75, 3.05) is 6.26 Å². The molecule has 0 atom stereocenters. The normalized spacial score (nSPS) is 12.1. The van der Waals surface area contributed by atoms with Crippen LogP contribution in [0.2, 0.25) is 0 Å². The molecule has 0 aliphatic carbocycles. The molecule has 0 radical (unpaired) electrons. The van der Waals surface area contributed by atoms with E-state index in [-0.39, 0.29) is 22.4 Å². The number of para-hydroxylation sites is 1. The lowest BCUT2D eigenvalue weighted by Crippen LogP contribution is -2.07. The molecule has 32 heavy (non-hydrogen) atoms. The molecule has 0 aliphatic heterocycles. The number of hydrogen-bond acceptors (Lipinski definition) is 5. The highest BCUT2D eigenvalue weighted by Gasteiger charge is 2.33. The lowest BCUT2D eigenvalue weighted by molar-refractivity contribution is -0.136. The molecule has 0 bridgehead atoms. The quantitative estimate of drug-likeness (QED) is 0.406. The Bertz CT molecular complexity index is 1400. The summed E-state index contributed by atoms with van der Waals surface area (Å²) in [6, 6.07) is 17.1. The predicted octanol–water partition coefficient (Wildman–Crippen LogP) is 5.30. The molecule has 0 saturated heterocycles. The van der Waals surface area contributed by atoms with Gasteiger partial charge in [0.2, 0.25) is 0 Å². The van der Waals surface area contributed by atoms with E-state index in [0.29, 0.717) is 22.6 Å². The fourth-order valence-corrected chi connectivity index (χ4v) is 4.00. The topological polar surface area (TPSA) is 69.2 Å². The lowest BCUT2D eigenvalue weighted by atomic mass is 10.0. The zero-order valence-corrected chi connectivity index (χ0v) is 17.6. The Kier molecular flexibility index (Phi) is 5.60. The monoisotopic (exact) mass is 458 g/mol. The highest BCUT2D eigenvalue weighted by Crippen LogP contribution is 2.36. The molecule has 0 spiro atoms. The van der Waals surface area contributed by atoms with Crippen LogP contribution in [-0.4, -0.2) is 24.6 Å². The van der Waals surface area contributed by atoms with Gasteiger partial charge in [0.05, 0.1) is 21.7 Å². The molecule has 9 heteroatoms. The maximum absolute atomic E-state index is 13.4. The second-order valence-corrected chi connectivity index (χ2v) is 9.17. The highest BCUT2D eigenvalue weighted by molar-refractivity contribution is 7.90. The summed E-state index contributed by atoms with van der Waals surface area (Å²) in [6.07, 6.45) is -2.29. The second-order valence-electron chi connectivity index (χ2n) is 7.16. The van der Waals surface area contributed by atoms with Crippen molar-refractivity contribution in [3.8, 4) is 17.0 Å². The first-order valence-electron chi connectivity index (χ1n) is 9.46. The van der Waals surface area contributed by atoms with E-state index in [9.17, 15) is 21.6 Å². The number of fused-ring (bicyclic) bond motifs is 1. The Morgan fingerprint density at radius 3 is 2.44 bits per heavy atom. The van der Waals surface area contributed by atoms with Crippen LogP contribution in [0, 0.1) is 0 Å². The summed E-state index contributed by atoms with van der Waals surface area (Å²) >= 11 is 0. The van der Waals surface area contributed by atoms with Crippen LogP contribution in [0.3, 0.4) is 0 Å². The first-order chi connectivity index (χ1) is 15.1. The molecule has 1 aromatic heterocycles. The fourth-order valence-electron chi connectivity index (χ4n) is 3.31. The number of benzene rings is 3. The SMILES string of the molecule is CS(=O)(=O)c1cccc(COc2cccc(-c3ncnc4c(C(F)(F)F)cccc34)c2)c1. The largest absolute Gasteiger partial charge is 0.489 e. The number of sulfone groups is 1. The van der Waals surface area contributed by atoms with Crippen LogP contribution in [-0.2, 0) is 22.6 Å². The standard InChI is InChI=1S/C23H17F3N2O3S/c1-32(29,30)18-8-2-5-15(11-18)13-31-17-7-3-6-16(12-17)21-19-9-4-10-20(23(24,25)26)22(19)28-14-27-21/h2-12,14H,13H2,1H3. The van der Waals surface area contributed by atoms with Crippen molar-refractivity contribution in [2.24, 2.45) is 0 Å². The van der Waals surface area contributed by atoms with Gasteiger partial charge in [0.1, 0.15) is 18.7 Å². The summed E-state index contributed by atoms with van der Waals surface area (Å²) in [5, 5.41) is 0.278. The average molecular weight is 458 g/mol. The third-order valence-electron chi connectivity index (χ3n) is 4.81. The summed E-state index contributed by atoms with van der Waals surface area (Å²) in [5.74, 6) is 0.464. The first kappa shape index (κ1) is 21.8. The molecular formula is C23H17F3N2O3S. The van der Waals surface area contributed by atoms with Crippen LogP contribution in [0.4, 0.5) is 13.2 Å². The number of halogens is 3. The van der Waals surface area contributed by atoms with Crippen molar-refractivity contribution in [1.29, 1.82) is 0 Å². The van der Waals surface area contributed by atoms with E-state index in [1.807, 2.05) is 0 Å². The van der Waals surface area contributed by atoms with E-state index >= 15 is 0 Å². The smallest absolute Gasteiger partial charge is 0.418 e. The highest BCUT2D eigenvalue weighted by atomic mass is 32.2. The Labute approximate surface area is 182 Å². The molecular weight excluding hydrogens is 441 g/mol. The van der Waals surface area contributed by atoms with Crippen molar-refractivity contribution in [2.45, 2.75) is 17.7 Å². The van der Waals surface area contributed by atoms with Gasteiger partial charge in [-0.3, -0.25) is 0 Å². The maximum Gasteiger partial charge on any atom is 0.418 e. The van der Waals surface area contributed by atoms with Gasteiger partial charge in [-0.1, -0.05) is 36.4 Å². The van der Waals surface area contributed by atoms with Gasteiger partial charge in [0.15, 0.2) is 9.84 Å². The molecule has 4 aromatic rings. The third-order valence-corrected chi connectivity index (χ3v) is 5.92. The number of ether oxygens (including phenoxy) is 1. The van der Waals surface area contributed by atoms with Crippen LogP contribution >= 0.6 is 0 Å². The van der Waals surface area contributed by atoms with Gasteiger partial charge >= 0.3 is 6.18 Å². The maximum atomic E-state index is 13.4. The lowest BCUT2D eigenvalue weighted by Gasteiger charge is -2.12. The Morgan fingerprint density at radius 2 is 1.69 bits per heavy atom. The van der Waals surface area contributed by atoms with Crippen LogP contribution in [0.25, 0.3) is 22.2 Å². The summed E-state index contributed by atoms with van der Waals surface area (Å²) in [7, 11) is -3.34. The van der Waals surface area contributed by atoms with E-state index in [1.165, 1.54) is 18.2 Å².